The van der Waals surface area contributed by atoms with Crippen LogP contribution in [-0.2, 0) is 52.4 Å². The summed E-state index contributed by atoms with van der Waals surface area (Å²) in [7, 11) is 3.35. The summed E-state index contributed by atoms with van der Waals surface area (Å²) in [4.78, 5) is 57.9. The maximum atomic E-state index is 11.8. The molecule has 0 radical (unpaired) electrons. The molecule has 1 atom stereocenters. The Bertz CT molecular complexity index is 832. The summed E-state index contributed by atoms with van der Waals surface area (Å²) in [6.07, 6.45) is 0.215. The first-order valence-electron chi connectivity index (χ1n) is 15.0. The topological polar surface area (TPSA) is 212 Å². The Morgan fingerprint density at radius 2 is 1.00 bits per heavy atom. The van der Waals surface area contributed by atoms with E-state index >= 15 is 0 Å². The Hall–Kier alpha value is -2.77. The van der Waals surface area contributed by atoms with Gasteiger partial charge < -0.3 is 49.5 Å². The number of hydrazine groups is 1. The molecular weight excluding hydrogens is 598 g/mol. The van der Waals surface area contributed by atoms with Crippen molar-refractivity contribution in [3.8, 4) is 0 Å². The Morgan fingerprint density at radius 3 is 1.40 bits per heavy atom. The molecule has 0 aliphatic carbocycles. The van der Waals surface area contributed by atoms with Gasteiger partial charge >= 0.3 is 5.97 Å². The van der Waals surface area contributed by atoms with Crippen LogP contribution in [0, 0.1) is 5.92 Å². The van der Waals surface area contributed by atoms with Crippen LogP contribution in [0.3, 0.4) is 0 Å². The fourth-order valence-corrected chi connectivity index (χ4v) is 3.14. The van der Waals surface area contributed by atoms with Crippen LogP contribution < -0.4 is 21.4 Å². The van der Waals surface area contributed by atoms with Crippen LogP contribution in [0.5, 0.6) is 0 Å². The van der Waals surface area contributed by atoms with Gasteiger partial charge in [-0.25, -0.2) is 10.4 Å². The van der Waals surface area contributed by atoms with Crippen molar-refractivity contribution in [3.63, 3.8) is 0 Å². The Kier molecular flexibility index (Phi) is 26.9. The first-order valence-corrected chi connectivity index (χ1v) is 15.0. The molecule has 0 bridgehead atoms. The molecule has 0 aromatic carbocycles. The van der Waals surface area contributed by atoms with Crippen molar-refractivity contribution in [2.24, 2.45) is 5.92 Å². The van der Waals surface area contributed by atoms with E-state index in [-0.39, 0.29) is 115 Å². The van der Waals surface area contributed by atoms with Gasteiger partial charge in [0.1, 0.15) is 25.9 Å². The second-order valence-corrected chi connectivity index (χ2v) is 10.1. The fourth-order valence-electron chi connectivity index (χ4n) is 3.14. The molecule has 0 fully saturated rings. The maximum Gasteiger partial charge on any atom is 0.322 e. The lowest BCUT2D eigenvalue weighted by Crippen LogP contribution is -2.45. The van der Waals surface area contributed by atoms with E-state index in [9.17, 15) is 24.0 Å². The summed E-state index contributed by atoms with van der Waals surface area (Å²) in [5, 5.41) is 18.6. The molecule has 17 nitrogen and oxygen atoms in total. The number of carbonyl (C=O) groups is 5. The van der Waals surface area contributed by atoms with Gasteiger partial charge in [-0.2, -0.15) is 0 Å². The second-order valence-electron chi connectivity index (χ2n) is 10.1. The van der Waals surface area contributed by atoms with Gasteiger partial charge in [-0.15, -0.1) is 0 Å². The first-order chi connectivity index (χ1) is 21.5. The van der Waals surface area contributed by atoms with E-state index in [1.807, 2.05) is 13.8 Å². The molecule has 0 aliphatic heterocycles. The van der Waals surface area contributed by atoms with Crippen LogP contribution in [0.1, 0.15) is 26.7 Å². The molecule has 17 heteroatoms. The van der Waals surface area contributed by atoms with E-state index in [1.165, 1.54) is 5.01 Å². The Balaban J connectivity index is 3.47. The first kappa shape index (κ1) is 42.2. The van der Waals surface area contributed by atoms with E-state index in [0.29, 0.717) is 26.4 Å². The third kappa shape index (κ3) is 28.4. The highest BCUT2D eigenvalue weighted by Gasteiger charge is 2.18. The molecular formula is C28H53N5O12. The number of carboxylic acids is 1. The van der Waals surface area contributed by atoms with E-state index in [1.54, 1.807) is 14.1 Å². The van der Waals surface area contributed by atoms with Gasteiger partial charge in [0, 0.05) is 46.1 Å². The highest BCUT2D eigenvalue weighted by Crippen LogP contribution is 1.98. The number of ether oxygens (including phenoxy) is 6. The molecule has 45 heavy (non-hydrogen) atoms. The smallest absolute Gasteiger partial charge is 0.322 e. The van der Waals surface area contributed by atoms with Gasteiger partial charge in [-0.05, 0) is 6.42 Å². The van der Waals surface area contributed by atoms with Crippen molar-refractivity contribution >= 4 is 29.5 Å². The molecule has 0 spiro atoms. The lowest BCUT2D eigenvalue weighted by molar-refractivity contribution is -0.141. The van der Waals surface area contributed by atoms with E-state index in [4.69, 9.17) is 33.5 Å². The number of ketones is 1. The van der Waals surface area contributed by atoms with Crippen molar-refractivity contribution in [1.29, 1.82) is 0 Å². The number of nitrogens with one attached hydrogen (secondary N) is 4. The van der Waals surface area contributed by atoms with Crippen molar-refractivity contribution < 1.29 is 57.5 Å². The number of hydrogen-bond donors (Lipinski definition) is 5. The van der Waals surface area contributed by atoms with Gasteiger partial charge in [-0.3, -0.25) is 24.0 Å². The number of hydrogen-bond acceptors (Lipinski definition) is 13. The molecule has 0 saturated carbocycles. The zero-order valence-corrected chi connectivity index (χ0v) is 27.1. The van der Waals surface area contributed by atoms with Crippen LogP contribution in [0.4, 0.5) is 0 Å². The zero-order chi connectivity index (χ0) is 33.7. The lowest BCUT2D eigenvalue weighted by atomic mass is 10.1. The average Bonchev–Trinajstić information content (AvgIpc) is 2.98. The number of aliphatic carboxylic acids is 1. The normalized spacial score (nSPS) is 11.9. The standard InChI is InChI=1S/C28H53N5O12/c1-22(2)24(34)19-43-16-13-41-11-8-30-26(36)21-45-18-15-42-12-9-31-27(37)20-44-17-14-40-10-7-29-25(35)6-5-23(28(38)39)32-33(3)4/h22-23,32H,5-21H2,1-4H3,(H,29,35)(H,30,36)(H,31,37)(H,38,39)/t23-/m0/s1. The molecule has 0 aromatic heterocycles. The molecule has 0 aromatic rings. The average molecular weight is 652 g/mol. The van der Waals surface area contributed by atoms with Crippen LogP contribution >= 0.6 is 0 Å². The van der Waals surface area contributed by atoms with Crippen LogP contribution in [-0.4, -0.2) is 159 Å². The number of amides is 3. The molecule has 0 unspecified atom stereocenters. The highest BCUT2D eigenvalue weighted by molar-refractivity contribution is 5.81. The van der Waals surface area contributed by atoms with Gasteiger partial charge in [0.05, 0.1) is 59.5 Å². The van der Waals surface area contributed by atoms with Crippen LogP contribution in [0.2, 0.25) is 0 Å². The van der Waals surface area contributed by atoms with Gasteiger partial charge in [0.2, 0.25) is 17.7 Å². The Morgan fingerprint density at radius 1 is 0.600 bits per heavy atom. The summed E-state index contributed by atoms with van der Waals surface area (Å²) in [5.74, 6) is -1.89. The maximum absolute atomic E-state index is 11.8. The largest absolute Gasteiger partial charge is 0.480 e. The van der Waals surface area contributed by atoms with E-state index in [2.05, 4.69) is 21.4 Å². The molecule has 0 rings (SSSR count). The van der Waals surface area contributed by atoms with E-state index in [0.717, 1.165) is 0 Å². The summed E-state index contributed by atoms with van der Waals surface area (Å²) < 4.78 is 31.7. The summed E-state index contributed by atoms with van der Waals surface area (Å²) in [5.41, 5.74) is 2.73. The molecule has 0 saturated heterocycles. The van der Waals surface area contributed by atoms with E-state index < -0.39 is 12.0 Å². The number of nitrogens with zero attached hydrogens (tertiary/aromatic N) is 1. The molecule has 262 valence electrons. The predicted octanol–water partition coefficient (Wildman–Crippen LogP) is -2.04. The SMILES string of the molecule is CC(C)C(=O)COCCOCCNC(=O)COCCOCCNC(=O)COCCOCCNC(=O)CC[C@H](NN(C)C)C(=O)O. The molecule has 3 amide bonds. The number of carboxylic acid groups (broad SMARTS) is 1. The summed E-state index contributed by atoms with van der Waals surface area (Å²) in [6, 6.07) is -0.846. The van der Waals surface area contributed by atoms with Gasteiger partial charge in [-0.1, -0.05) is 13.8 Å². The van der Waals surface area contributed by atoms with Crippen molar-refractivity contribution in [2.45, 2.75) is 32.7 Å². The molecule has 0 aliphatic rings. The van der Waals surface area contributed by atoms with Gasteiger partial charge in [0.25, 0.3) is 0 Å². The lowest BCUT2D eigenvalue weighted by Gasteiger charge is -2.19. The van der Waals surface area contributed by atoms with Gasteiger partial charge in [0.15, 0.2) is 5.78 Å². The molecule has 0 heterocycles. The molecule has 5 N–H and O–H groups in total. The second kappa shape index (κ2) is 28.7. The predicted molar refractivity (Wildman–Crippen MR) is 161 cm³/mol. The minimum atomic E-state index is -1.03. The zero-order valence-electron chi connectivity index (χ0n) is 27.1. The summed E-state index contributed by atoms with van der Waals surface area (Å²) in [6.45, 7) is 6.75. The third-order valence-corrected chi connectivity index (χ3v) is 5.55. The van der Waals surface area contributed by atoms with Crippen LogP contribution in [0.15, 0.2) is 0 Å². The summed E-state index contributed by atoms with van der Waals surface area (Å²) >= 11 is 0. The van der Waals surface area contributed by atoms with Crippen molar-refractivity contribution in [3.05, 3.63) is 0 Å². The third-order valence-electron chi connectivity index (χ3n) is 5.55. The minimum Gasteiger partial charge on any atom is -0.480 e. The minimum absolute atomic E-state index is 0.0429. The number of Topliss-reactive ketones (excluding diaryl/α,β-unsaturated/α-hetero) is 1. The number of carbonyl (C=O) groups excluding carboxylic acids is 4. The highest BCUT2D eigenvalue weighted by atomic mass is 16.5. The number of rotatable bonds is 31. The monoisotopic (exact) mass is 651 g/mol. The quantitative estimate of drug-likeness (QED) is 0.0404. The van der Waals surface area contributed by atoms with Crippen molar-refractivity contribution in [2.75, 3.05) is 113 Å². The Labute approximate surface area is 265 Å². The van der Waals surface area contributed by atoms with Crippen molar-refractivity contribution in [1.82, 2.24) is 26.4 Å². The fraction of sp³-hybridized carbons (Fsp3) is 0.821. The van der Waals surface area contributed by atoms with Crippen LogP contribution in [0.25, 0.3) is 0 Å².